The monoisotopic (exact) mass is 255 g/mol. The molecule has 0 spiro atoms. The maximum absolute atomic E-state index is 11.8. The molecule has 1 aliphatic rings. The summed E-state index contributed by atoms with van der Waals surface area (Å²) in [7, 11) is -1.54. The van der Waals surface area contributed by atoms with E-state index in [0.717, 1.165) is 12.0 Å². The molecule has 4 nitrogen and oxygen atoms in total. The Bertz CT molecular complexity index is 525. The van der Waals surface area contributed by atoms with Crippen molar-refractivity contribution in [3.8, 4) is 5.75 Å². The van der Waals surface area contributed by atoms with Crippen molar-refractivity contribution in [1.29, 1.82) is 0 Å². The quantitative estimate of drug-likeness (QED) is 0.876. The van der Waals surface area contributed by atoms with Gasteiger partial charge in [0.2, 0.25) is 0 Å². The summed E-state index contributed by atoms with van der Waals surface area (Å²) < 4.78 is 28.7. The van der Waals surface area contributed by atoms with E-state index in [9.17, 15) is 8.42 Å². The summed E-state index contributed by atoms with van der Waals surface area (Å²) in [6.45, 7) is 2.03. The van der Waals surface area contributed by atoms with Gasteiger partial charge in [-0.15, -0.1) is 0 Å². The summed E-state index contributed by atoms with van der Waals surface area (Å²) in [6.07, 6.45) is 0.860. The van der Waals surface area contributed by atoms with Crippen molar-refractivity contribution in [1.82, 2.24) is 0 Å². The van der Waals surface area contributed by atoms with Crippen molar-refractivity contribution in [3.05, 3.63) is 29.3 Å². The number of nitrogens with two attached hydrogens (primary N) is 1. The zero-order chi connectivity index (χ0) is 12.6. The van der Waals surface area contributed by atoms with Crippen LogP contribution in [0.4, 0.5) is 0 Å². The van der Waals surface area contributed by atoms with Gasteiger partial charge in [0, 0.05) is 11.6 Å². The lowest BCUT2D eigenvalue weighted by Crippen LogP contribution is -2.50. The molecule has 17 heavy (non-hydrogen) atoms. The van der Waals surface area contributed by atoms with E-state index < -0.39 is 15.1 Å². The minimum atomic E-state index is -3.09. The summed E-state index contributed by atoms with van der Waals surface area (Å²) in [5, 5.41) is -0.607. The van der Waals surface area contributed by atoms with Crippen molar-refractivity contribution >= 4 is 9.84 Å². The summed E-state index contributed by atoms with van der Waals surface area (Å²) in [5.41, 5.74) is 7.60. The van der Waals surface area contributed by atoms with Crippen molar-refractivity contribution in [3.63, 3.8) is 0 Å². The van der Waals surface area contributed by atoms with Gasteiger partial charge in [-0.3, -0.25) is 0 Å². The molecule has 2 N–H and O–H groups in total. The Morgan fingerprint density at radius 2 is 2.18 bits per heavy atom. The van der Waals surface area contributed by atoms with E-state index >= 15 is 0 Å². The second kappa shape index (κ2) is 4.31. The fourth-order valence-corrected chi connectivity index (χ4v) is 4.03. The molecule has 0 saturated carbocycles. The summed E-state index contributed by atoms with van der Waals surface area (Å²) in [6, 6.07) is 5.33. The Morgan fingerprint density at radius 3 is 2.65 bits per heavy atom. The predicted molar refractivity (Wildman–Crippen MR) is 66.9 cm³/mol. The number of sulfone groups is 1. The Morgan fingerprint density at radius 1 is 1.47 bits per heavy atom. The topological polar surface area (TPSA) is 69.4 Å². The zero-order valence-electron chi connectivity index (χ0n) is 10.0. The molecular formula is C12H17NO3S. The third kappa shape index (κ3) is 2.05. The lowest BCUT2D eigenvalue weighted by Gasteiger charge is -2.34. The van der Waals surface area contributed by atoms with Crippen LogP contribution in [0.3, 0.4) is 0 Å². The van der Waals surface area contributed by atoms with Crippen molar-refractivity contribution < 1.29 is 13.2 Å². The average Bonchev–Trinajstić information content (AvgIpc) is 2.27. The van der Waals surface area contributed by atoms with Gasteiger partial charge >= 0.3 is 0 Å². The lowest BCUT2D eigenvalue weighted by molar-refractivity contribution is 0.404. The van der Waals surface area contributed by atoms with Crippen LogP contribution in [-0.2, 0) is 16.3 Å². The molecule has 1 heterocycles. The molecule has 2 rings (SSSR count). The molecule has 1 aromatic rings. The van der Waals surface area contributed by atoms with Gasteiger partial charge in [0.25, 0.3) is 0 Å². The minimum Gasteiger partial charge on any atom is -0.496 e. The summed E-state index contributed by atoms with van der Waals surface area (Å²) in [5.74, 6) is 0.669. The molecular weight excluding hydrogens is 238 g/mol. The lowest BCUT2D eigenvalue weighted by atomic mass is 10.0. The maximum Gasteiger partial charge on any atom is 0.160 e. The third-order valence-corrected chi connectivity index (χ3v) is 5.44. The molecule has 0 aliphatic carbocycles. The summed E-state index contributed by atoms with van der Waals surface area (Å²) in [4.78, 5) is 0. The molecule has 2 unspecified atom stereocenters. The molecule has 2 atom stereocenters. The molecule has 0 amide bonds. The van der Waals surface area contributed by atoms with Crippen LogP contribution in [0, 0.1) is 0 Å². The van der Waals surface area contributed by atoms with Crippen LogP contribution in [0.1, 0.15) is 23.3 Å². The second-order valence-corrected chi connectivity index (χ2v) is 6.51. The number of hydrogen-bond donors (Lipinski definition) is 1. The highest BCUT2D eigenvalue weighted by atomic mass is 32.2. The SMILES string of the molecule is CCc1ccc(OC)c(C2C(N)CS2(=O)=O)c1. The van der Waals surface area contributed by atoms with Crippen molar-refractivity contribution in [2.75, 3.05) is 12.9 Å². The van der Waals surface area contributed by atoms with E-state index in [-0.39, 0.29) is 11.8 Å². The first-order valence-electron chi connectivity index (χ1n) is 5.63. The van der Waals surface area contributed by atoms with Gasteiger partial charge in [-0.2, -0.15) is 0 Å². The van der Waals surface area contributed by atoms with E-state index in [4.69, 9.17) is 10.5 Å². The van der Waals surface area contributed by atoms with E-state index in [0.29, 0.717) is 11.3 Å². The van der Waals surface area contributed by atoms with E-state index in [1.165, 1.54) is 0 Å². The van der Waals surface area contributed by atoms with Crippen LogP contribution < -0.4 is 10.5 Å². The number of benzene rings is 1. The first-order chi connectivity index (χ1) is 7.99. The van der Waals surface area contributed by atoms with Crippen molar-refractivity contribution in [2.45, 2.75) is 24.6 Å². The van der Waals surface area contributed by atoms with Crippen LogP contribution in [-0.4, -0.2) is 27.3 Å². The largest absolute Gasteiger partial charge is 0.496 e. The number of rotatable bonds is 3. The standard InChI is InChI=1S/C12H17NO3S/c1-3-8-4-5-11(16-2)9(6-8)12-10(13)7-17(12,14)15/h4-6,10,12H,3,7,13H2,1-2H3. The Kier molecular flexibility index (Phi) is 3.14. The zero-order valence-corrected chi connectivity index (χ0v) is 10.8. The molecule has 1 aliphatic heterocycles. The Labute approximate surface area is 102 Å². The van der Waals surface area contributed by atoms with Crippen molar-refractivity contribution in [2.24, 2.45) is 5.73 Å². The maximum atomic E-state index is 11.8. The van der Waals surface area contributed by atoms with Gasteiger partial charge in [0.1, 0.15) is 11.0 Å². The average molecular weight is 255 g/mol. The van der Waals surface area contributed by atoms with Crippen LogP contribution >= 0.6 is 0 Å². The molecule has 1 aromatic carbocycles. The molecule has 0 radical (unpaired) electrons. The first-order valence-corrected chi connectivity index (χ1v) is 7.35. The van der Waals surface area contributed by atoms with E-state index in [2.05, 4.69) is 0 Å². The number of ether oxygens (including phenoxy) is 1. The summed E-state index contributed by atoms with van der Waals surface area (Å²) >= 11 is 0. The number of methoxy groups -OCH3 is 1. The van der Waals surface area contributed by atoms with E-state index in [1.54, 1.807) is 7.11 Å². The smallest absolute Gasteiger partial charge is 0.160 e. The number of aryl methyl sites for hydroxylation is 1. The Hall–Kier alpha value is -1.07. The minimum absolute atomic E-state index is 0.0666. The van der Waals surface area contributed by atoms with Gasteiger partial charge in [-0.25, -0.2) is 8.42 Å². The highest BCUT2D eigenvalue weighted by Crippen LogP contribution is 2.40. The number of hydrogen-bond acceptors (Lipinski definition) is 4. The molecule has 5 heteroatoms. The van der Waals surface area contributed by atoms with Gasteiger partial charge < -0.3 is 10.5 Å². The third-order valence-electron chi connectivity index (χ3n) is 3.21. The molecule has 1 fully saturated rings. The first kappa shape index (κ1) is 12.4. The van der Waals surface area contributed by atoms with Crippen LogP contribution in [0.15, 0.2) is 18.2 Å². The predicted octanol–water partition coefficient (Wildman–Crippen LogP) is 1.05. The fourth-order valence-electron chi connectivity index (χ4n) is 2.25. The highest BCUT2D eigenvalue weighted by Gasteiger charge is 2.46. The van der Waals surface area contributed by atoms with E-state index in [1.807, 2.05) is 25.1 Å². The molecule has 0 bridgehead atoms. The Balaban J connectivity index is 2.49. The van der Waals surface area contributed by atoms with Gasteiger partial charge in [-0.1, -0.05) is 19.1 Å². The van der Waals surface area contributed by atoms with Gasteiger partial charge in [0.05, 0.1) is 12.9 Å². The highest BCUT2D eigenvalue weighted by molar-refractivity contribution is 7.93. The second-order valence-electron chi connectivity index (χ2n) is 4.34. The van der Waals surface area contributed by atoms with Gasteiger partial charge in [-0.05, 0) is 18.1 Å². The molecule has 0 aromatic heterocycles. The normalized spacial score (nSPS) is 26.3. The van der Waals surface area contributed by atoms with Crippen LogP contribution in [0.2, 0.25) is 0 Å². The van der Waals surface area contributed by atoms with Crippen LogP contribution in [0.5, 0.6) is 5.75 Å². The fraction of sp³-hybridized carbons (Fsp3) is 0.500. The molecule has 94 valence electrons. The van der Waals surface area contributed by atoms with Gasteiger partial charge in [0.15, 0.2) is 9.84 Å². The van der Waals surface area contributed by atoms with Crippen LogP contribution in [0.25, 0.3) is 0 Å². The molecule has 1 saturated heterocycles.